The molecule has 86 valence electrons. The van der Waals surface area contributed by atoms with Crippen LogP contribution in [0.3, 0.4) is 0 Å². The minimum atomic E-state index is -1.17. The summed E-state index contributed by atoms with van der Waals surface area (Å²) >= 11 is 1.29. The van der Waals surface area contributed by atoms with Gasteiger partial charge in [-0.05, 0) is 34.7 Å². The first-order valence-electron chi connectivity index (χ1n) is 4.72. The van der Waals surface area contributed by atoms with Crippen LogP contribution in [0.1, 0.15) is 20.0 Å². The molecule has 0 saturated heterocycles. The Hall–Kier alpha value is -2.14. The Bertz CT molecular complexity index is 586. The molecule has 0 aliphatic heterocycles. The lowest BCUT2D eigenvalue weighted by Crippen LogP contribution is -1.96. The fourth-order valence-electron chi connectivity index (χ4n) is 1.46. The van der Waals surface area contributed by atoms with Gasteiger partial charge in [-0.25, -0.2) is 4.79 Å². The highest BCUT2D eigenvalue weighted by Gasteiger charge is 2.11. The topological polar surface area (TPSA) is 74.6 Å². The zero-order chi connectivity index (χ0) is 12.4. The molecule has 0 atom stereocenters. The molecule has 0 saturated carbocycles. The molecular weight excluding hydrogens is 240 g/mol. The molecule has 17 heavy (non-hydrogen) atoms. The molecule has 0 aliphatic rings. The molecule has 2 aromatic rings. The Morgan fingerprint density at radius 3 is 2.53 bits per heavy atom. The van der Waals surface area contributed by atoms with Crippen LogP contribution in [-0.2, 0) is 0 Å². The van der Waals surface area contributed by atoms with Crippen molar-refractivity contribution in [1.29, 1.82) is 0 Å². The smallest absolute Gasteiger partial charge is 0.339 e. The highest BCUT2D eigenvalue weighted by Crippen LogP contribution is 2.29. The van der Waals surface area contributed by atoms with Gasteiger partial charge < -0.3 is 10.2 Å². The summed E-state index contributed by atoms with van der Waals surface area (Å²) in [6.45, 7) is 0. The van der Waals surface area contributed by atoms with Gasteiger partial charge in [-0.1, -0.05) is 6.07 Å². The third-order valence-electron chi connectivity index (χ3n) is 2.30. The maximum atomic E-state index is 10.7. The van der Waals surface area contributed by atoms with Crippen LogP contribution in [-0.4, -0.2) is 22.5 Å². The number of aromatic hydroxyl groups is 1. The van der Waals surface area contributed by atoms with Crippen molar-refractivity contribution in [2.45, 2.75) is 0 Å². The van der Waals surface area contributed by atoms with Crippen molar-refractivity contribution in [3.05, 3.63) is 40.1 Å². The molecule has 0 spiro atoms. The van der Waals surface area contributed by atoms with E-state index in [2.05, 4.69) is 0 Å². The number of thiophene rings is 1. The van der Waals surface area contributed by atoms with Gasteiger partial charge in [0, 0.05) is 0 Å². The number of carbonyl (C=O) groups is 2. The fourth-order valence-corrected chi connectivity index (χ4v) is 2.18. The highest BCUT2D eigenvalue weighted by molar-refractivity contribution is 7.12. The highest BCUT2D eigenvalue weighted by atomic mass is 32.1. The van der Waals surface area contributed by atoms with Gasteiger partial charge in [0.25, 0.3) is 0 Å². The van der Waals surface area contributed by atoms with Crippen molar-refractivity contribution < 1.29 is 19.8 Å². The molecule has 0 bridgehead atoms. The van der Waals surface area contributed by atoms with Crippen LogP contribution in [0.4, 0.5) is 0 Å². The number of aldehydes is 1. The summed E-state index contributed by atoms with van der Waals surface area (Å²) in [6, 6.07) is 6.00. The summed E-state index contributed by atoms with van der Waals surface area (Å²) in [4.78, 5) is 21.8. The number of benzene rings is 1. The van der Waals surface area contributed by atoms with Gasteiger partial charge in [0.15, 0.2) is 6.29 Å². The molecule has 0 fully saturated rings. The number of hydrogen-bond donors (Lipinski definition) is 2. The lowest BCUT2D eigenvalue weighted by atomic mass is 10.1. The minimum Gasteiger partial charge on any atom is -0.507 e. The summed E-state index contributed by atoms with van der Waals surface area (Å²) in [5, 5.41) is 20.1. The maximum absolute atomic E-state index is 10.7. The zero-order valence-electron chi connectivity index (χ0n) is 8.58. The van der Waals surface area contributed by atoms with Crippen LogP contribution in [0.25, 0.3) is 11.1 Å². The van der Waals surface area contributed by atoms with E-state index in [0.717, 1.165) is 11.8 Å². The van der Waals surface area contributed by atoms with E-state index in [0.29, 0.717) is 10.4 Å². The van der Waals surface area contributed by atoms with Gasteiger partial charge in [0.1, 0.15) is 11.3 Å². The number of hydrogen-bond acceptors (Lipinski definition) is 4. The Morgan fingerprint density at radius 2 is 2.00 bits per heavy atom. The van der Waals surface area contributed by atoms with Crippen molar-refractivity contribution in [1.82, 2.24) is 0 Å². The molecule has 4 nitrogen and oxygen atoms in total. The number of carboxylic acid groups (broad SMARTS) is 1. The van der Waals surface area contributed by atoms with Crippen molar-refractivity contribution in [3.8, 4) is 16.9 Å². The number of carbonyl (C=O) groups excluding carboxylic acids is 1. The number of phenols is 1. The third kappa shape index (κ3) is 2.19. The van der Waals surface area contributed by atoms with E-state index >= 15 is 0 Å². The summed E-state index contributed by atoms with van der Waals surface area (Å²) in [5.41, 5.74) is 1.32. The molecule has 0 unspecified atom stereocenters. The van der Waals surface area contributed by atoms with Crippen molar-refractivity contribution in [2.75, 3.05) is 0 Å². The van der Waals surface area contributed by atoms with Crippen LogP contribution in [0, 0.1) is 0 Å². The van der Waals surface area contributed by atoms with Crippen LogP contribution >= 0.6 is 11.3 Å². The van der Waals surface area contributed by atoms with E-state index < -0.39 is 5.97 Å². The molecule has 2 N–H and O–H groups in total. The summed E-state index contributed by atoms with van der Waals surface area (Å²) in [6.07, 6.45) is 0.750. The third-order valence-corrected chi connectivity index (χ3v) is 3.16. The van der Waals surface area contributed by atoms with Crippen molar-refractivity contribution in [3.63, 3.8) is 0 Å². The standard InChI is InChI=1S/C12H8O4S/c13-5-9-3-8(6-17-9)7-1-2-10(12(15)16)11(14)4-7/h1-6,14H,(H,15,16). The van der Waals surface area contributed by atoms with Gasteiger partial charge in [-0.2, -0.15) is 0 Å². The second-order valence-corrected chi connectivity index (χ2v) is 4.34. The Morgan fingerprint density at radius 1 is 1.24 bits per heavy atom. The second kappa shape index (κ2) is 4.39. The average molecular weight is 248 g/mol. The molecular formula is C12H8O4S. The molecule has 5 heteroatoms. The van der Waals surface area contributed by atoms with E-state index in [-0.39, 0.29) is 11.3 Å². The Labute approximate surface area is 101 Å². The summed E-state index contributed by atoms with van der Waals surface area (Å²) < 4.78 is 0. The number of rotatable bonds is 3. The first-order chi connectivity index (χ1) is 8.11. The SMILES string of the molecule is O=Cc1cc(-c2ccc(C(=O)O)c(O)c2)cs1. The van der Waals surface area contributed by atoms with E-state index in [4.69, 9.17) is 5.11 Å². The van der Waals surface area contributed by atoms with E-state index in [9.17, 15) is 14.7 Å². The van der Waals surface area contributed by atoms with Crippen LogP contribution in [0.15, 0.2) is 29.6 Å². The minimum absolute atomic E-state index is 0.139. The molecule has 0 radical (unpaired) electrons. The van der Waals surface area contributed by atoms with Crippen LogP contribution in [0.5, 0.6) is 5.75 Å². The maximum Gasteiger partial charge on any atom is 0.339 e. The zero-order valence-corrected chi connectivity index (χ0v) is 9.40. The quantitative estimate of drug-likeness (QED) is 0.819. The van der Waals surface area contributed by atoms with Gasteiger partial charge in [0.05, 0.1) is 4.88 Å². The first kappa shape index (κ1) is 11.3. The Kier molecular flexibility index (Phi) is 2.93. The van der Waals surface area contributed by atoms with E-state index in [1.807, 2.05) is 0 Å². The number of carboxylic acids is 1. The van der Waals surface area contributed by atoms with Crippen molar-refractivity contribution >= 4 is 23.6 Å². The van der Waals surface area contributed by atoms with Gasteiger partial charge in [-0.3, -0.25) is 4.79 Å². The fraction of sp³-hybridized carbons (Fsp3) is 0. The van der Waals surface area contributed by atoms with E-state index in [1.165, 1.54) is 23.5 Å². The van der Waals surface area contributed by atoms with Gasteiger partial charge in [0.2, 0.25) is 0 Å². The monoisotopic (exact) mass is 248 g/mol. The Balaban J connectivity index is 2.43. The molecule has 2 rings (SSSR count). The van der Waals surface area contributed by atoms with Gasteiger partial charge >= 0.3 is 5.97 Å². The molecule has 0 amide bonds. The molecule has 0 aliphatic carbocycles. The molecule has 1 aromatic carbocycles. The van der Waals surface area contributed by atoms with Crippen molar-refractivity contribution in [2.24, 2.45) is 0 Å². The molecule has 1 heterocycles. The molecule has 1 aromatic heterocycles. The van der Waals surface area contributed by atoms with Crippen LogP contribution < -0.4 is 0 Å². The van der Waals surface area contributed by atoms with E-state index in [1.54, 1.807) is 17.5 Å². The second-order valence-electron chi connectivity index (χ2n) is 3.39. The average Bonchev–Trinajstić information content (AvgIpc) is 2.76. The number of aromatic carboxylic acids is 1. The predicted octanol–water partition coefficient (Wildman–Crippen LogP) is 2.63. The lowest BCUT2D eigenvalue weighted by Gasteiger charge is -2.02. The normalized spacial score (nSPS) is 10.1. The lowest BCUT2D eigenvalue weighted by molar-refractivity contribution is 0.0693. The van der Waals surface area contributed by atoms with Crippen LogP contribution in [0.2, 0.25) is 0 Å². The largest absolute Gasteiger partial charge is 0.507 e. The summed E-state index contributed by atoms with van der Waals surface area (Å²) in [5.74, 6) is -1.46. The predicted molar refractivity (Wildman–Crippen MR) is 63.8 cm³/mol. The summed E-state index contributed by atoms with van der Waals surface area (Å²) in [7, 11) is 0. The van der Waals surface area contributed by atoms with Gasteiger partial charge in [-0.15, -0.1) is 11.3 Å². The first-order valence-corrected chi connectivity index (χ1v) is 5.60.